The minimum absolute atomic E-state index is 0.118. The van der Waals surface area contributed by atoms with E-state index in [0.29, 0.717) is 0 Å². The van der Waals surface area contributed by atoms with Crippen molar-refractivity contribution < 1.29 is 14.3 Å². The Hall–Kier alpha value is -1.38. The Balaban J connectivity index is 2.01. The number of hydrogen-bond acceptors (Lipinski definition) is 3. The second kappa shape index (κ2) is 5.61. The molecule has 3 nitrogen and oxygen atoms in total. The zero-order valence-corrected chi connectivity index (χ0v) is 15.7. The van der Waals surface area contributed by atoms with Crippen LogP contribution in [0, 0.1) is 34.5 Å². The lowest BCUT2D eigenvalue weighted by Gasteiger charge is -2.05. The van der Waals surface area contributed by atoms with Gasteiger partial charge in [0.15, 0.2) is 0 Å². The lowest BCUT2D eigenvalue weighted by Crippen LogP contribution is -2.19. The smallest absolute Gasteiger partial charge is 0.317 e. The van der Waals surface area contributed by atoms with Gasteiger partial charge in [0, 0.05) is 0 Å². The summed E-state index contributed by atoms with van der Waals surface area (Å²) in [5.74, 6) is -0.778. The van der Waals surface area contributed by atoms with Crippen molar-refractivity contribution >= 4 is 11.9 Å². The molecule has 0 aromatic carbocycles. The molecule has 3 heteroatoms. The number of carbonyl (C=O) groups excluding carboxylic acids is 2. The standard InChI is InChI=1S/C20H30O3/c1-11(2)9-13-15(19(13,5)6)17(21)23-18(22)16-14(10-12(3)4)20(16,7)8/h9-10,13-16H,1-8H3. The quantitative estimate of drug-likeness (QED) is 0.434. The SMILES string of the molecule is CC(C)=CC1C(C(=O)OC(=O)C2C(C=C(C)C)C2(C)C)C1(C)C. The highest BCUT2D eigenvalue weighted by molar-refractivity contribution is 5.92. The van der Waals surface area contributed by atoms with Crippen molar-refractivity contribution in [2.45, 2.75) is 55.4 Å². The van der Waals surface area contributed by atoms with E-state index in [9.17, 15) is 9.59 Å². The van der Waals surface area contributed by atoms with Crippen molar-refractivity contribution in [2.24, 2.45) is 34.5 Å². The van der Waals surface area contributed by atoms with Crippen LogP contribution in [0.1, 0.15) is 55.4 Å². The minimum atomic E-state index is -0.360. The van der Waals surface area contributed by atoms with Crippen LogP contribution in [-0.2, 0) is 14.3 Å². The molecular weight excluding hydrogens is 288 g/mol. The summed E-state index contributed by atoms with van der Waals surface area (Å²) in [5.41, 5.74) is 2.15. The summed E-state index contributed by atoms with van der Waals surface area (Å²) in [7, 11) is 0. The van der Waals surface area contributed by atoms with Gasteiger partial charge in [0.2, 0.25) is 0 Å². The summed E-state index contributed by atoms with van der Waals surface area (Å²) in [4.78, 5) is 24.8. The zero-order valence-electron chi connectivity index (χ0n) is 15.7. The van der Waals surface area contributed by atoms with Crippen molar-refractivity contribution in [1.29, 1.82) is 0 Å². The van der Waals surface area contributed by atoms with E-state index in [0.717, 1.165) is 0 Å². The van der Waals surface area contributed by atoms with Crippen LogP contribution in [-0.4, -0.2) is 11.9 Å². The summed E-state index contributed by atoms with van der Waals surface area (Å²) < 4.78 is 5.26. The van der Waals surface area contributed by atoms with E-state index in [1.165, 1.54) is 11.1 Å². The fourth-order valence-electron chi connectivity index (χ4n) is 3.82. The predicted octanol–water partition coefficient (Wildman–Crippen LogP) is 4.53. The number of ether oxygens (including phenoxy) is 1. The Morgan fingerprint density at radius 2 is 1.04 bits per heavy atom. The molecule has 4 unspecified atom stereocenters. The topological polar surface area (TPSA) is 43.4 Å². The second-order valence-corrected chi connectivity index (χ2v) is 8.88. The van der Waals surface area contributed by atoms with Crippen LogP contribution in [0.4, 0.5) is 0 Å². The molecule has 0 aliphatic heterocycles. The molecule has 0 N–H and O–H groups in total. The minimum Gasteiger partial charge on any atom is -0.393 e. The Labute approximate surface area is 140 Å². The molecule has 0 spiro atoms. The molecule has 0 aromatic rings. The molecule has 0 radical (unpaired) electrons. The largest absolute Gasteiger partial charge is 0.393 e. The van der Waals surface area contributed by atoms with Gasteiger partial charge in [-0.25, -0.2) is 0 Å². The van der Waals surface area contributed by atoms with E-state index < -0.39 is 0 Å². The third-order valence-electron chi connectivity index (χ3n) is 5.56. The van der Waals surface area contributed by atoms with E-state index in [4.69, 9.17) is 4.74 Å². The lowest BCUT2D eigenvalue weighted by molar-refractivity contribution is -0.162. The molecule has 128 valence electrons. The van der Waals surface area contributed by atoms with Crippen LogP contribution in [0.15, 0.2) is 23.3 Å². The van der Waals surface area contributed by atoms with Gasteiger partial charge in [-0.1, -0.05) is 51.0 Å². The monoisotopic (exact) mass is 318 g/mol. The Bertz CT molecular complexity index is 532. The maximum Gasteiger partial charge on any atom is 0.317 e. The van der Waals surface area contributed by atoms with Crippen LogP contribution in [0.5, 0.6) is 0 Å². The first-order valence-electron chi connectivity index (χ1n) is 8.46. The molecule has 0 heterocycles. The van der Waals surface area contributed by atoms with Gasteiger partial charge in [0.1, 0.15) is 0 Å². The molecule has 0 saturated heterocycles. The van der Waals surface area contributed by atoms with Crippen LogP contribution < -0.4 is 0 Å². The third kappa shape index (κ3) is 3.29. The van der Waals surface area contributed by atoms with Crippen molar-refractivity contribution in [3.8, 4) is 0 Å². The first kappa shape index (κ1) is 18.0. The molecule has 2 saturated carbocycles. The number of carbonyl (C=O) groups is 2. The van der Waals surface area contributed by atoms with Gasteiger partial charge in [-0.05, 0) is 50.4 Å². The van der Waals surface area contributed by atoms with E-state index in [1.54, 1.807) is 0 Å². The highest BCUT2D eigenvalue weighted by atomic mass is 16.6. The molecule has 23 heavy (non-hydrogen) atoms. The van der Waals surface area contributed by atoms with Crippen molar-refractivity contribution in [3.63, 3.8) is 0 Å². The highest BCUT2D eigenvalue weighted by Crippen LogP contribution is 2.62. The molecule has 0 aromatic heterocycles. The average Bonchev–Trinajstić information content (AvgIpc) is 3.08. The van der Waals surface area contributed by atoms with E-state index in [1.807, 2.05) is 27.7 Å². The maximum atomic E-state index is 12.4. The molecule has 4 atom stereocenters. The third-order valence-corrected chi connectivity index (χ3v) is 5.56. The van der Waals surface area contributed by atoms with Crippen LogP contribution in [0.2, 0.25) is 0 Å². The van der Waals surface area contributed by atoms with Gasteiger partial charge >= 0.3 is 11.9 Å². The summed E-state index contributed by atoms with van der Waals surface area (Å²) in [6, 6.07) is 0. The Morgan fingerprint density at radius 1 is 0.739 bits per heavy atom. The fraction of sp³-hybridized carbons (Fsp3) is 0.700. The normalized spacial score (nSPS) is 32.5. The Morgan fingerprint density at radius 3 is 1.30 bits per heavy atom. The lowest BCUT2D eigenvalue weighted by atomic mass is 10.1. The molecule has 2 aliphatic carbocycles. The molecule has 2 rings (SSSR count). The van der Waals surface area contributed by atoms with Crippen LogP contribution in [0.25, 0.3) is 0 Å². The first-order chi connectivity index (χ1) is 10.4. The molecule has 0 amide bonds. The van der Waals surface area contributed by atoms with Crippen molar-refractivity contribution in [3.05, 3.63) is 23.3 Å². The highest BCUT2D eigenvalue weighted by Gasteiger charge is 2.64. The summed E-state index contributed by atoms with van der Waals surface area (Å²) in [6.07, 6.45) is 4.23. The number of allylic oxidation sites excluding steroid dienone is 4. The van der Waals surface area contributed by atoms with Gasteiger partial charge in [-0.2, -0.15) is 0 Å². The summed E-state index contributed by atoms with van der Waals surface area (Å²) >= 11 is 0. The first-order valence-corrected chi connectivity index (χ1v) is 8.46. The van der Waals surface area contributed by atoms with Gasteiger partial charge in [-0.15, -0.1) is 0 Å². The van der Waals surface area contributed by atoms with Gasteiger partial charge in [0.05, 0.1) is 11.8 Å². The number of hydrogen-bond donors (Lipinski definition) is 0. The molecule has 2 fully saturated rings. The van der Waals surface area contributed by atoms with Gasteiger partial charge in [0.25, 0.3) is 0 Å². The maximum absolute atomic E-state index is 12.4. The van der Waals surface area contributed by atoms with Crippen molar-refractivity contribution in [2.75, 3.05) is 0 Å². The fourth-order valence-corrected chi connectivity index (χ4v) is 3.82. The van der Waals surface area contributed by atoms with Crippen molar-refractivity contribution in [1.82, 2.24) is 0 Å². The number of esters is 2. The van der Waals surface area contributed by atoms with E-state index in [2.05, 4.69) is 39.8 Å². The zero-order chi connectivity index (χ0) is 17.7. The average molecular weight is 318 g/mol. The van der Waals surface area contributed by atoms with Gasteiger partial charge < -0.3 is 4.74 Å². The predicted molar refractivity (Wildman–Crippen MR) is 91.5 cm³/mol. The number of rotatable bonds is 4. The Kier molecular flexibility index (Phi) is 4.38. The summed E-state index contributed by atoms with van der Waals surface area (Å²) in [5, 5.41) is 0. The van der Waals surface area contributed by atoms with E-state index in [-0.39, 0.29) is 46.4 Å². The molecular formula is C20H30O3. The molecule has 0 bridgehead atoms. The van der Waals surface area contributed by atoms with Gasteiger partial charge in [-0.3, -0.25) is 9.59 Å². The second-order valence-electron chi connectivity index (χ2n) is 8.88. The van der Waals surface area contributed by atoms with Crippen LogP contribution >= 0.6 is 0 Å². The van der Waals surface area contributed by atoms with Crippen LogP contribution in [0.3, 0.4) is 0 Å². The summed E-state index contributed by atoms with van der Waals surface area (Å²) in [6.45, 7) is 16.3. The molecule has 2 aliphatic rings. The van der Waals surface area contributed by atoms with E-state index >= 15 is 0 Å².